The Morgan fingerprint density at radius 1 is 1.03 bits per heavy atom. The molecule has 0 radical (unpaired) electrons. The fraction of sp³-hybridized carbons (Fsp3) is 0.304. The molecule has 150 valence electrons. The SMILES string of the molecule is O=C1CSCN1CC1CCCO1.c1ccc(-c2ccn(-c3ccccc3)n2)cc1. The van der Waals surface area contributed by atoms with E-state index in [2.05, 4.69) is 17.2 Å². The molecule has 5 rings (SSSR count). The number of amides is 1. The fourth-order valence-electron chi connectivity index (χ4n) is 3.41. The van der Waals surface area contributed by atoms with Crippen LogP contribution in [-0.4, -0.2) is 51.5 Å². The average Bonchev–Trinajstić information content (AvgIpc) is 3.54. The van der Waals surface area contributed by atoms with Gasteiger partial charge in [-0.2, -0.15) is 5.10 Å². The number of para-hydroxylation sites is 1. The van der Waals surface area contributed by atoms with Crippen LogP contribution in [0.3, 0.4) is 0 Å². The van der Waals surface area contributed by atoms with Crippen molar-refractivity contribution in [2.45, 2.75) is 18.9 Å². The number of aromatic nitrogens is 2. The Morgan fingerprint density at radius 3 is 2.45 bits per heavy atom. The van der Waals surface area contributed by atoms with Crippen molar-refractivity contribution in [1.82, 2.24) is 14.7 Å². The first-order valence-electron chi connectivity index (χ1n) is 9.93. The number of carbonyl (C=O) groups excluding carboxylic acids is 1. The zero-order valence-electron chi connectivity index (χ0n) is 16.3. The normalized spacial score (nSPS) is 18.6. The molecular formula is C23H25N3O2S. The fourth-order valence-corrected chi connectivity index (χ4v) is 4.32. The monoisotopic (exact) mass is 407 g/mol. The molecule has 1 aromatic heterocycles. The largest absolute Gasteiger partial charge is 0.376 e. The molecule has 0 N–H and O–H groups in total. The lowest BCUT2D eigenvalue weighted by Crippen LogP contribution is -2.33. The van der Waals surface area contributed by atoms with Gasteiger partial charge in [-0.25, -0.2) is 4.68 Å². The summed E-state index contributed by atoms with van der Waals surface area (Å²) < 4.78 is 7.35. The van der Waals surface area contributed by atoms with Crippen molar-refractivity contribution in [3.05, 3.63) is 72.9 Å². The predicted molar refractivity (Wildman–Crippen MR) is 117 cm³/mol. The van der Waals surface area contributed by atoms with E-state index in [0.717, 1.165) is 48.8 Å². The summed E-state index contributed by atoms with van der Waals surface area (Å²) in [4.78, 5) is 13.1. The maximum Gasteiger partial charge on any atom is 0.233 e. The van der Waals surface area contributed by atoms with Crippen molar-refractivity contribution in [3.63, 3.8) is 0 Å². The van der Waals surface area contributed by atoms with Gasteiger partial charge in [-0.05, 0) is 31.0 Å². The van der Waals surface area contributed by atoms with Crippen LogP contribution in [0.15, 0.2) is 72.9 Å². The van der Waals surface area contributed by atoms with E-state index in [-0.39, 0.29) is 5.91 Å². The third-order valence-electron chi connectivity index (χ3n) is 4.95. The molecule has 2 aliphatic heterocycles. The van der Waals surface area contributed by atoms with E-state index in [9.17, 15) is 4.79 Å². The van der Waals surface area contributed by atoms with E-state index in [0.29, 0.717) is 11.9 Å². The van der Waals surface area contributed by atoms with Gasteiger partial charge in [-0.1, -0.05) is 48.5 Å². The number of hydrogen-bond acceptors (Lipinski definition) is 4. The molecule has 1 amide bonds. The van der Waals surface area contributed by atoms with E-state index in [1.807, 2.05) is 70.4 Å². The molecule has 3 heterocycles. The van der Waals surface area contributed by atoms with E-state index in [1.54, 1.807) is 11.8 Å². The van der Waals surface area contributed by atoms with Gasteiger partial charge in [0.05, 0.1) is 29.1 Å². The van der Waals surface area contributed by atoms with E-state index >= 15 is 0 Å². The summed E-state index contributed by atoms with van der Waals surface area (Å²) in [5.41, 5.74) is 3.21. The van der Waals surface area contributed by atoms with Crippen LogP contribution in [0.4, 0.5) is 0 Å². The summed E-state index contributed by atoms with van der Waals surface area (Å²) in [7, 11) is 0. The van der Waals surface area contributed by atoms with Crippen molar-refractivity contribution in [2.24, 2.45) is 0 Å². The lowest BCUT2D eigenvalue weighted by Gasteiger charge is -2.18. The minimum atomic E-state index is 0.274. The number of carbonyl (C=O) groups is 1. The molecule has 2 saturated heterocycles. The Morgan fingerprint density at radius 2 is 1.79 bits per heavy atom. The molecule has 0 bridgehead atoms. The zero-order chi connectivity index (χ0) is 19.9. The standard InChI is InChI=1S/C15H12N2.C8H13NO2S/c1-3-7-13(8-4-1)15-11-12-17(16-15)14-9-5-2-6-10-14;10-8-5-12-6-9(8)4-7-2-1-3-11-7/h1-12H;7H,1-6H2. The second kappa shape index (κ2) is 9.76. The molecule has 0 aliphatic carbocycles. The third kappa shape index (κ3) is 5.28. The van der Waals surface area contributed by atoms with Crippen LogP contribution >= 0.6 is 11.8 Å². The Bertz CT molecular complexity index is 854. The van der Waals surface area contributed by atoms with Crippen molar-refractivity contribution >= 4 is 17.7 Å². The molecule has 5 nitrogen and oxygen atoms in total. The van der Waals surface area contributed by atoms with Gasteiger partial charge in [0.15, 0.2) is 0 Å². The number of rotatable bonds is 4. The lowest BCUT2D eigenvalue weighted by molar-refractivity contribution is -0.127. The molecule has 29 heavy (non-hydrogen) atoms. The van der Waals surface area contributed by atoms with Gasteiger partial charge >= 0.3 is 0 Å². The number of hydrogen-bond donors (Lipinski definition) is 0. The summed E-state index contributed by atoms with van der Waals surface area (Å²) >= 11 is 1.69. The van der Waals surface area contributed by atoms with Gasteiger partial charge in [0.1, 0.15) is 0 Å². The Balaban J connectivity index is 0.000000150. The molecule has 1 atom stereocenters. The van der Waals surface area contributed by atoms with Gasteiger partial charge in [0.2, 0.25) is 5.91 Å². The number of nitrogens with zero attached hydrogens (tertiary/aromatic N) is 3. The number of benzene rings is 2. The van der Waals surface area contributed by atoms with Crippen LogP contribution in [0.2, 0.25) is 0 Å². The second-order valence-electron chi connectivity index (χ2n) is 7.08. The van der Waals surface area contributed by atoms with Gasteiger partial charge in [0.25, 0.3) is 0 Å². The lowest BCUT2D eigenvalue weighted by atomic mass is 10.2. The predicted octanol–water partition coefficient (Wildman–Crippen LogP) is 4.24. The minimum Gasteiger partial charge on any atom is -0.376 e. The molecule has 6 heteroatoms. The highest BCUT2D eigenvalue weighted by Gasteiger charge is 2.25. The van der Waals surface area contributed by atoms with E-state index < -0.39 is 0 Å². The van der Waals surface area contributed by atoms with E-state index in [1.165, 1.54) is 0 Å². The van der Waals surface area contributed by atoms with Crippen molar-refractivity contribution in [3.8, 4) is 16.9 Å². The maximum absolute atomic E-state index is 11.2. The molecule has 2 fully saturated rings. The summed E-state index contributed by atoms with van der Waals surface area (Å²) in [5.74, 6) is 1.79. The molecule has 1 unspecified atom stereocenters. The van der Waals surface area contributed by atoms with Gasteiger partial charge < -0.3 is 9.64 Å². The highest BCUT2D eigenvalue weighted by Crippen LogP contribution is 2.20. The summed E-state index contributed by atoms with van der Waals surface area (Å²) in [6.07, 6.45) is 4.57. The third-order valence-corrected chi connectivity index (χ3v) is 5.90. The minimum absolute atomic E-state index is 0.274. The summed E-state index contributed by atoms with van der Waals surface area (Å²) in [6, 6.07) is 22.3. The molecule has 0 spiro atoms. The van der Waals surface area contributed by atoms with Crippen LogP contribution in [0.25, 0.3) is 16.9 Å². The van der Waals surface area contributed by atoms with E-state index in [4.69, 9.17) is 4.74 Å². The van der Waals surface area contributed by atoms with Crippen molar-refractivity contribution in [2.75, 3.05) is 24.8 Å². The average molecular weight is 408 g/mol. The first-order valence-corrected chi connectivity index (χ1v) is 11.1. The van der Waals surface area contributed by atoms with Crippen LogP contribution in [-0.2, 0) is 9.53 Å². The van der Waals surface area contributed by atoms with Crippen LogP contribution in [0.1, 0.15) is 12.8 Å². The van der Waals surface area contributed by atoms with Crippen LogP contribution in [0, 0.1) is 0 Å². The Labute approximate surface area is 175 Å². The maximum atomic E-state index is 11.2. The number of thioether (sulfide) groups is 1. The summed E-state index contributed by atoms with van der Waals surface area (Å²) in [5, 5.41) is 4.57. The van der Waals surface area contributed by atoms with Crippen LogP contribution in [0.5, 0.6) is 0 Å². The quantitative estimate of drug-likeness (QED) is 0.649. The van der Waals surface area contributed by atoms with Crippen molar-refractivity contribution < 1.29 is 9.53 Å². The topological polar surface area (TPSA) is 47.4 Å². The smallest absolute Gasteiger partial charge is 0.233 e. The number of ether oxygens (including phenoxy) is 1. The van der Waals surface area contributed by atoms with Gasteiger partial charge in [-0.15, -0.1) is 11.8 Å². The van der Waals surface area contributed by atoms with Gasteiger partial charge in [-0.3, -0.25) is 4.79 Å². The van der Waals surface area contributed by atoms with Gasteiger partial charge in [0, 0.05) is 24.9 Å². The first kappa shape index (κ1) is 19.7. The molecule has 2 aliphatic rings. The van der Waals surface area contributed by atoms with Crippen molar-refractivity contribution in [1.29, 1.82) is 0 Å². The van der Waals surface area contributed by atoms with Crippen LogP contribution < -0.4 is 0 Å². The second-order valence-corrected chi connectivity index (χ2v) is 8.03. The Hall–Kier alpha value is -2.57. The molecule has 0 saturated carbocycles. The Kier molecular flexibility index (Phi) is 6.64. The zero-order valence-corrected chi connectivity index (χ0v) is 17.1. The first-order chi connectivity index (χ1) is 14.3. The highest BCUT2D eigenvalue weighted by atomic mass is 32.2. The summed E-state index contributed by atoms with van der Waals surface area (Å²) in [6.45, 7) is 1.69. The molecule has 3 aromatic rings. The molecular weight excluding hydrogens is 382 g/mol. The molecule has 2 aromatic carbocycles. The highest BCUT2D eigenvalue weighted by molar-refractivity contribution is 8.00.